The van der Waals surface area contributed by atoms with E-state index in [1.807, 2.05) is 13.0 Å². The third kappa shape index (κ3) is 1.80. The highest BCUT2D eigenvalue weighted by Gasteiger charge is 2.31. The fourth-order valence-electron chi connectivity index (χ4n) is 1.78. The van der Waals surface area contributed by atoms with Gasteiger partial charge in [-0.15, -0.1) is 0 Å². The number of hydrogen-bond donors (Lipinski definition) is 2. The average Bonchev–Trinajstić information content (AvgIpc) is 2.46. The van der Waals surface area contributed by atoms with E-state index in [4.69, 9.17) is 5.73 Å². The normalized spacial score (nSPS) is 26.9. The molecule has 4 heteroatoms. The molecule has 0 radical (unpaired) electrons. The number of aromatic nitrogens is 1. The van der Waals surface area contributed by atoms with Gasteiger partial charge in [0.1, 0.15) is 0 Å². The summed E-state index contributed by atoms with van der Waals surface area (Å²) >= 11 is 0. The predicted molar refractivity (Wildman–Crippen MR) is 56.1 cm³/mol. The van der Waals surface area contributed by atoms with Crippen LogP contribution >= 0.6 is 0 Å². The van der Waals surface area contributed by atoms with Gasteiger partial charge in [0.15, 0.2) is 0 Å². The molecule has 0 amide bonds. The van der Waals surface area contributed by atoms with Gasteiger partial charge in [0.2, 0.25) is 0 Å². The molecular weight excluding hydrogens is 178 g/mol. The van der Waals surface area contributed by atoms with E-state index in [1.165, 1.54) is 0 Å². The van der Waals surface area contributed by atoms with Crippen LogP contribution in [0.5, 0.6) is 0 Å². The van der Waals surface area contributed by atoms with Gasteiger partial charge in [0.05, 0.1) is 23.2 Å². The van der Waals surface area contributed by atoms with Gasteiger partial charge in [-0.05, 0) is 19.4 Å². The van der Waals surface area contributed by atoms with E-state index >= 15 is 0 Å². The van der Waals surface area contributed by atoms with Gasteiger partial charge in [-0.1, -0.05) is 0 Å². The molecule has 1 aromatic rings. The van der Waals surface area contributed by atoms with E-state index in [9.17, 15) is 5.11 Å². The minimum Gasteiger partial charge on any atom is -0.397 e. The predicted octanol–water partition coefficient (Wildman–Crippen LogP) is 0.625. The zero-order valence-corrected chi connectivity index (χ0v) is 8.27. The number of nitrogen functional groups attached to an aromatic ring is 1. The van der Waals surface area contributed by atoms with E-state index in [0.29, 0.717) is 12.2 Å². The van der Waals surface area contributed by atoms with Crippen molar-refractivity contribution in [1.82, 2.24) is 4.98 Å². The number of β-amino-alcohol motifs (C(OH)–C–C–N with tert-alkyl or cyclic N) is 1. The number of aliphatic hydroxyl groups is 1. The van der Waals surface area contributed by atoms with Gasteiger partial charge in [-0.2, -0.15) is 0 Å². The Labute approximate surface area is 83.4 Å². The Morgan fingerprint density at radius 3 is 2.93 bits per heavy atom. The first-order valence-electron chi connectivity index (χ1n) is 4.75. The zero-order valence-electron chi connectivity index (χ0n) is 8.27. The van der Waals surface area contributed by atoms with Crippen LogP contribution in [0.4, 0.5) is 11.4 Å². The molecule has 0 aromatic carbocycles. The van der Waals surface area contributed by atoms with E-state index in [-0.39, 0.29) is 0 Å². The molecular formula is C10H15N3O. The molecule has 1 aromatic heterocycles. The first-order valence-corrected chi connectivity index (χ1v) is 4.75. The third-order valence-corrected chi connectivity index (χ3v) is 2.56. The van der Waals surface area contributed by atoms with Crippen molar-refractivity contribution in [2.45, 2.75) is 18.9 Å². The molecule has 2 rings (SSSR count). The summed E-state index contributed by atoms with van der Waals surface area (Å²) < 4.78 is 0. The standard InChI is InChI=1S/C10H15N3O/c1-10(14)2-3-13(7-10)9-4-8(11)5-12-6-9/h4-6,14H,2-3,7,11H2,1H3/t10-/m0/s1. The van der Waals surface area contributed by atoms with Crippen molar-refractivity contribution in [1.29, 1.82) is 0 Å². The van der Waals surface area contributed by atoms with Gasteiger partial charge in [-0.25, -0.2) is 0 Å². The number of nitrogens with zero attached hydrogens (tertiary/aromatic N) is 2. The highest BCUT2D eigenvalue weighted by molar-refractivity contribution is 5.54. The second-order valence-electron chi connectivity index (χ2n) is 4.14. The topological polar surface area (TPSA) is 62.4 Å². The summed E-state index contributed by atoms with van der Waals surface area (Å²) in [7, 11) is 0. The fraction of sp³-hybridized carbons (Fsp3) is 0.500. The van der Waals surface area contributed by atoms with Gasteiger partial charge >= 0.3 is 0 Å². The van der Waals surface area contributed by atoms with E-state index < -0.39 is 5.60 Å². The molecule has 0 unspecified atom stereocenters. The highest BCUT2D eigenvalue weighted by Crippen LogP contribution is 2.26. The van der Waals surface area contributed by atoms with Crippen molar-refractivity contribution in [2.75, 3.05) is 23.7 Å². The molecule has 76 valence electrons. The van der Waals surface area contributed by atoms with Crippen molar-refractivity contribution in [3.05, 3.63) is 18.5 Å². The molecule has 0 aliphatic carbocycles. The van der Waals surface area contributed by atoms with Crippen molar-refractivity contribution >= 4 is 11.4 Å². The molecule has 2 heterocycles. The lowest BCUT2D eigenvalue weighted by Gasteiger charge is -2.20. The van der Waals surface area contributed by atoms with Crippen LogP contribution in [0.1, 0.15) is 13.3 Å². The molecule has 1 aliphatic rings. The lowest BCUT2D eigenvalue weighted by atomic mass is 10.1. The molecule has 1 atom stereocenters. The zero-order chi connectivity index (χ0) is 10.2. The number of anilines is 2. The maximum absolute atomic E-state index is 9.80. The molecule has 0 bridgehead atoms. The van der Waals surface area contributed by atoms with Crippen molar-refractivity contribution in [2.24, 2.45) is 0 Å². The highest BCUT2D eigenvalue weighted by atomic mass is 16.3. The van der Waals surface area contributed by atoms with E-state index in [2.05, 4.69) is 9.88 Å². The molecule has 1 aliphatic heterocycles. The fourth-order valence-corrected chi connectivity index (χ4v) is 1.78. The van der Waals surface area contributed by atoms with Gasteiger partial charge in [0, 0.05) is 19.3 Å². The Morgan fingerprint density at radius 2 is 2.36 bits per heavy atom. The third-order valence-electron chi connectivity index (χ3n) is 2.56. The van der Waals surface area contributed by atoms with Crippen LogP contribution in [0.25, 0.3) is 0 Å². The first-order chi connectivity index (χ1) is 6.57. The maximum Gasteiger partial charge on any atom is 0.0810 e. The number of rotatable bonds is 1. The number of nitrogens with two attached hydrogens (primary N) is 1. The monoisotopic (exact) mass is 193 g/mol. The summed E-state index contributed by atoms with van der Waals surface area (Å²) in [6.07, 6.45) is 4.19. The molecule has 1 fully saturated rings. The van der Waals surface area contributed by atoms with Crippen LogP contribution in [0.15, 0.2) is 18.5 Å². The Hall–Kier alpha value is -1.29. The quantitative estimate of drug-likeness (QED) is 0.686. The van der Waals surface area contributed by atoms with Crippen LogP contribution in [0.2, 0.25) is 0 Å². The second-order valence-corrected chi connectivity index (χ2v) is 4.14. The molecule has 0 saturated carbocycles. The molecule has 14 heavy (non-hydrogen) atoms. The van der Waals surface area contributed by atoms with Gasteiger partial charge < -0.3 is 15.7 Å². The lowest BCUT2D eigenvalue weighted by molar-refractivity contribution is 0.0839. The van der Waals surface area contributed by atoms with Crippen LogP contribution in [-0.4, -0.2) is 28.8 Å². The van der Waals surface area contributed by atoms with Crippen LogP contribution < -0.4 is 10.6 Å². The maximum atomic E-state index is 9.80. The van der Waals surface area contributed by atoms with Crippen molar-refractivity contribution in [3.8, 4) is 0 Å². The van der Waals surface area contributed by atoms with Crippen molar-refractivity contribution in [3.63, 3.8) is 0 Å². The summed E-state index contributed by atoms with van der Waals surface area (Å²) in [6, 6.07) is 1.88. The second kappa shape index (κ2) is 3.13. The number of pyridine rings is 1. The van der Waals surface area contributed by atoms with Crippen LogP contribution in [0.3, 0.4) is 0 Å². The summed E-state index contributed by atoms with van der Waals surface area (Å²) in [4.78, 5) is 6.13. The Morgan fingerprint density at radius 1 is 1.57 bits per heavy atom. The number of hydrogen-bond acceptors (Lipinski definition) is 4. The SMILES string of the molecule is C[C@]1(O)CCN(c2cncc(N)c2)C1. The summed E-state index contributed by atoms with van der Waals surface area (Å²) in [6.45, 7) is 3.36. The minimum absolute atomic E-state index is 0.579. The van der Waals surface area contributed by atoms with E-state index in [1.54, 1.807) is 12.4 Å². The summed E-state index contributed by atoms with van der Waals surface area (Å²) in [5.41, 5.74) is 6.71. The molecule has 0 spiro atoms. The summed E-state index contributed by atoms with van der Waals surface area (Å²) in [5.74, 6) is 0. The Bertz CT molecular complexity index is 338. The van der Waals surface area contributed by atoms with Gasteiger partial charge in [-0.3, -0.25) is 4.98 Å². The van der Waals surface area contributed by atoms with Crippen molar-refractivity contribution < 1.29 is 5.11 Å². The Balaban J connectivity index is 2.17. The first kappa shape index (κ1) is 9.27. The Kier molecular flexibility index (Phi) is 2.07. The molecule has 1 saturated heterocycles. The minimum atomic E-state index is -0.579. The summed E-state index contributed by atoms with van der Waals surface area (Å²) in [5, 5.41) is 9.80. The van der Waals surface area contributed by atoms with Gasteiger partial charge in [0.25, 0.3) is 0 Å². The largest absolute Gasteiger partial charge is 0.397 e. The van der Waals surface area contributed by atoms with Crippen LogP contribution in [-0.2, 0) is 0 Å². The van der Waals surface area contributed by atoms with E-state index in [0.717, 1.165) is 18.7 Å². The van der Waals surface area contributed by atoms with Crippen LogP contribution in [0, 0.1) is 0 Å². The molecule has 3 N–H and O–H groups in total. The lowest BCUT2D eigenvalue weighted by Crippen LogP contribution is -2.29. The smallest absolute Gasteiger partial charge is 0.0810 e. The average molecular weight is 193 g/mol. The molecule has 4 nitrogen and oxygen atoms in total.